The molecule has 0 saturated heterocycles. The highest BCUT2D eigenvalue weighted by Crippen LogP contribution is 2.29. The van der Waals surface area contributed by atoms with E-state index in [2.05, 4.69) is 10.3 Å². The predicted octanol–water partition coefficient (Wildman–Crippen LogP) is 1.94. The lowest BCUT2D eigenvalue weighted by molar-refractivity contribution is 0.0697. The Balaban J connectivity index is 1.97. The van der Waals surface area contributed by atoms with Crippen LogP contribution in [0.15, 0.2) is 18.2 Å². The largest absolute Gasteiger partial charge is 0.478 e. The van der Waals surface area contributed by atoms with Gasteiger partial charge < -0.3 is 15.4 Å². The number of aromatic carboxylic acids is 1. The maximum atomic E-state index is 11.1. The number of hydrogen-bond donors (Lipinski definition) is 3. The molecular weight excluding hydrogens is 228 g/mol. The summed E-state index contributed by atoms with van der Waals surface area (Å²) < 4.78 is 21.9. The number of likely N-dealkylation sites (N-methyl/N-ethyl adjacent to an activating group) is 1. The molecule has 0 aliphatic heterocycles. The van der Waals surface area contributed by atoms with Gasteiger partial charge in [-0.1, -0.05) is 0 Å². The van der Waals surface area contributed by atoms with Gasteiger partial charge in [-0.25, -0.2) is 4.79 Å². The van der Waals surface area contributed by atoms with E-state index in [1.54, 1.807) is 18.2 Å². The van der Waals surface area contributed by atoms with Crippen LogP contribution < -0.4 is 5.32 Å². The van der Waals surface area contributed by atoms with Gasteiger partial charge in [0.1, 0.15) is 0 Å². The summed E-state index contributed by atoms with van der Waals surface area (Å²) in [5, 5.41) is 12.6. The van der Waals surface area contributed by atoms with Crippen molar-refractivity contribution < 1.29 is 14.0 Å². The Kier molecular flexibility index (Phi) is 1.91. The standard InChI is InChI=1S/C14H16N2O2/c1-15-9-3-5-13-11(7-9)10-6-8(14(17)18)2-4-12(10)16-13/h2,4,6,9,15-16H,3,5,7H2,1H3,(H,17,18)/i1D3. The van der Waals surface area contributed by atoms with Crippen LogP contribution in [0.4, 0.5) is 0 Å². The average molecular weight is 247 g/mol. The highest BCUT2D eigenvalue weighted by Gasteiger charge is 2.21. The number of benzene rings is 1. The van der Waals surface area contributed by atoms with Gasteiger partial charge >= 0.3 is 5.97 Å². The summed E-state index contributed by atoms with van der Waals surface area (Å²) in [7, 11) is 0. The lowest BCUT2D eigenvalue weighted by Gasteiger charge is -2.21. The van der Waals surface area contributed by atoms with Gasteiger partial charge in [0.25, 0.3) is 0 Å². The van der Waals surface area contributed by atoms with Crippen LogP contribution in [0.2, 0.25) is 0 Å². The summed E-state index contributed by atoms with van der Waals surface area (Å²) >= 11 is 0. The van der Waals surface area contributed by atoms with Crippen molar-refractivity contribution in [3.63, 3.8) is 0 Å². The fourth-order valence-corrected chi connectivity index (χ4v) is 2.67. The summed E-state index contributed by atoms with van der Waals surface area (Å²) in [5.41, 5.74) is 3.26. The smallest absolute Gasteiger partial charge is 0.335 e. The number of aryl methyl sites for hydroxylation is 1. The number of carbonyl (C=O) groups is 1. The average Bonchev–Trinajstić information content (AvgIpc) is 2.74. The molecule has 0 amide bonds. The number of carboxylic acid groups (broad SMARTS) is 1. The van der Waals surface area contributed by atoms with Gasteiger partial charge in [-0.3, -0.25) is 0 Å². The Morgan fingerprint density at radius 2 is 2.50 bits per heavy atom. The van der Waals surface area contributed by atoms with E-state index in [1.807, 2.05) is 0 Å². The Hall–Kier alpha value is -1.81. The SMILES string of the molecule is [2H]C([2H])([2H])NC1CCc2[nH]c3ccc(C(=O)O)cc3c2C1. The first-order chi connectivity index (χ1) is 9.83. The zero-order valence-electron chi connectivity index (χ0n) is 12.8. The first-order valence-corrected chi connectivity index (χ1v) is 5.98. The molecule has 0 spiro atoms. The molecule has 1 aromatic carbocycles. The van der Waals surface area contributed by atoms with Crippen LogP contribution in [0, 0.1) is 0 Å². The van der Waals surface area contributed by atoms with Crippen molar-refractivity contribution in [3.8, 4) is 0 Å². The van der Waals surface area contributed by atoms with Gasteiger partial charge in [0.2, 0.25) is 0 Å². The van der Waals surface area contributed by atoms with E-state index >= 15 is 0 Å². The molecule has 1 aromatic heterocycles. The number of carboxylic acids is 1. The Morgan fingerprint density at radius 1 is 1.61 bits per heavy atom. The molecule has 4 heteroatoms. The summed E-state index contributed by atoms with van der Waals surface area (Å²) in [6.07, 6.45) is 2.11. The van der Waals surface area contributed by atoms with Crippen molar-refractivity contribution in [2.75, 3.05) is 6.98 Å². The summed E-state index contributed by atoms with van der Waals surface area (Å²) in [5.74, 6) is -0.958. The molecule has 3 rings (SSSR count). The third-order valence-electron chi connectivity index (χ3n) is 3.64. The number of fused-ring (bicyclic) bond motifs is 3. The van der Waals surface area contributed by atoms with Gasteiger partial charge in [-0.05, 0) is 50.0 Å². The fraction of sp³-hybridized carbons (Fsp3) is 0.357. The van der Waals surface area contributed by atoms with Crippen LogP contribution in [0.5, 0.6) is 0 Å². The van der Waals surface area contributed by atoms with Crippen LogP contribution >= 0.6 is 0 Å². The highest BCUT2D eigenvalue weighted by atomic mass is 16.4. The minimum absolute atomic E-state index is 0.113. The Morgan fingerprint density at radius 3 is 3.28 bits per heavy atom. The van der Waals surface area contributed by atoms with Crippen LogP contribution in [-0.4, -0.2) is 29.1 Å². The fourth-order valence-electron chi connectivity index (χ4n) is 2.67. The van der Waals surface area contributed by atoms with Gasteiger partial charge in [0.15, 0.2) is 0 Å². The van der Waals surface area contributed by atoms with E-state index < -0.39 is 12.9 Å². The molecule has 0 radical (unpaired) electrons. The van der Waals surface area contributed by atoms with E-state index in [1.165, 1.54) is 0 Å². The van der Waals surface area contributed by atoms with E-state index in [0.29, 0.717) is 6.42 Å². The van der Waals surface area contributed by atoms with Crippen molar-refractivity contribution in [2.45, 2.75) is 25.3 Å². The third kappa shape index (κ3) is 1.69. The van der Waals surface area contributed by atoms with Crippen molar-refractivity contribution >= 4 is 16.9 Å². The molecule has 1 unspecified atom stereocenters. The molecule has 2 aromatic rings. The predicted molar refractivity (Wildman–Crippen MR) is 70.1 cm³/mol. The zero-order valence-corrected chi connectivity index (χ0v) is 9.79. The van der Waals surface area contributed by atoms with Crippen molar-refractivity contribution in [2.24, 2.45) is 0 Å². The molecule has 1 aliphatic rings. The number of H-pyrrole nitrogens is 1. The molecule has 4 nitrogen and oxygen atoms in total. The van der Waals surface area contributed by atoms with Gasteiger partial charge in [0.05, 0.1) is 5.56 Å². The van der Waals surface area contributed by atoms with Crippen LogP contribution in [0.1, 0.15) is 32.1 Å². The summed E-state index contributed by atoms with van der Waals surface area (Å²) in [4.78, 5) is 14.4. The third-order valence-corrected chi connectivity index (χ3v) is 3.64. The number of nitrogens with one attached hydrogen (secondary N) is 2. The second kappa shape index (κ2) is 4.14. The molecule has 0 bridgehead atoms. The molecule has 1 heterocycles. The normalized spacial score (nSPS) is 22.0. The van der Waals surface area contributed by atoms with Crippen LogP contribution in [0.3, 0.4) is 0 Å². The first kappa shape index (κ1) is 8.32. The molecule has 94 valence electrons. The summed E-state index contributed by atoms with van der Waals surface area (Å²) in [6, 6.07) is 4.89. The molecule has 3 N–H and O–H groups in total. The quantitative estimate of drug-likeness (QED) is 0.760. The monoisotopic (exact) mass is 247 g/mol. The minimum atomic E-state index is -2.15. The van der Waals surface area contributed by atoms with Crippen molar-refractivity contribution in [1.82, 2.24) is 10.3 Å². The number of aromatic amines is 1. The maximum absolute atomic E-state index is 11.1. The lowest BCUT2D eigenvalue weighted by atomic mass is 9.91. The van der Waals surface area contributed by atoms with E-state index in [-0.39, 0.29) is 11.6 Å². The molecule has 0 saturated carbocycles. The zero-order chi connectivity index (χ0) is 15.2. The van der Waals surface area contributed by atoms with Crippen LogP contribution in [0.25, 0.3) is 10.9 Å². The number of hydrogen-bond acceptors (Lipinski definition) is 2. The number of rotatable bonds is 2. The van der Waals surface area contributed by atoms with E-state index in [0.717, 1.165) is 35.0 Å². The Bertz CT molecular complexity index is 706. The topological polar surface area (TPSA) is 65.1 Å². The second-order valence-electron chi connectivity index (χ2n) is 4.73. The van der Waals surface area contributed by atoms with Crippen molar-refractivity contribution in [1.29, 1.82) is 0 Å². The van der Waals surface area contributed by atoms with Gasteiger partial charge in [-0.15, -0.1) is 0 Å². The summed E-state index contributed by atoms with van der Waals surface area (Å²) in [6.45, 7) is -2.15. The molecular formula is C14H16N2O2. The Labute approximate surface area is 109 Å². The lowest BCUT2D eigenvalue weighted by Crippen LogP contribution is -2.31. The van der Waals surface area contributed by atoms with E-state index in [4.69, 9.17) is 9.22 Å². The molecule has 0 fully saturated rings. The second-order valence-corrected chi connectivity index (χ2v) is 4.73. The molecule has 1 aliphatic carbocycles. The maximum Gasteiger partial charge on any atom is 0.335 e. The van der Waals surface area contributed by atoms with Gasteiger partial charge in [-0.2, -0.15) is 0 Å². The first-order valence-electron chi connectivity index (χ1n) is 7.48. The van der Waals surface area contributed by atoms with Crippen LogP contribution in [-0.2, 0) is 12.8 Å². The number of aromatic nitrogens is 1. The molecule has 18 heavy (non-hydrogen) atoms. The van der Waals surface area contributed by atoms with Crippen molar-refractivity contribution in [3.05, 3.63) is 35.0 Å². The minimum Gasteiger partial charge on any atom is -0.478 e. The van der Waals surface area contributed by atoms with E-state index in [9.17, 15) is 4.79 Å². The van der Waals surface area contributed by atoms with Gasteiger partial charge in [0, 0.05) is 26.8 Å². The highest BCUT2D eigenvalue weighted by molar-refractivity contribution is 5.95. The molecule has 1 atom stereocenters.